The van der Waals surface area contributed by atoms with Gasteiger partial charge in [0.05, 0.1) is 24.3 Å². The molecule has 1 fully saturated rings. The maximum atomic E-state index is 12.4. The van der Waals surface area contributed by atoms with E-state index in [0.29, 0.717) is 12.1 Å². The third-order valence-electron chi connectivity index (χ3n) is 3.42. The molecule has 1 aliphatic rings. The summed E-state index contributed by atoms with van der Waals surface area (Å²) in [5, 5.41) is 21.6. The Kier molecular flexibility index (Phi) is 4.26. The standard InChI is InChI=1S/C13H15F3N2O3/c14-13(15,16)8-1-3-9(4-2-8)17-10-5-6-18(12(20)21)7-11(10)19/h1-4,10-11,17,19H,5-7H2,(H,20,21)/t10-,11+/m1/s1. The molecule has 8 heteroatoms. The number of alkyl halides is 3. The molecule has 0 aliphatic carbocycles. The molecule has 1 saturated heterocycles. The number of nitrogens with one attached hydrogen (secondary N) is 1. The van der Waals surface area contributed by atoms with Crippen molar-refractivity contribution in [1.82, 2.24) is 4.90 Å². The van der Waals surface area contributed by atoms with Crippen molar-refractivity contribution in [2.75, 3.05) is 18.4 Å². The predicted molar refractivity (Wildman–Crippen MR) is 69.1 cm³/mol. The first-order chi connectivity index (χ1) is 9.77. The third-order valence-corrected chi connectivity index (χ3v) is 3.42. The van der Waals surface area contributed by atoms with Gasteiger partial charge in [-0.25, -0.2) is 4.79 Å². The van der Waals surface area contributed by atoms with E-state index in [9.17, 15) is 23.1 Å². The summed E-state index contributed by atoms with van der Waals surface area (Å²) in [6.45, 7) is 0.248. The second-order valence-corrected chi connectivity index (χ2v) is 4.91. The Balaban J connectivity index is 1.98. The monoisotopic (exact) mass is 304 g/mol. The Hall–Kier alpha value is -1.96. The van der Waals surface area contributed by atoms with E-state index in [0.717, 1.165) is 17.0 Å². The van der Waals surface area contributed by atoms with Gasteiger partial charge >= 0.3 is 12.3 Å². The molecule has 1 aliphatic heterocycles. The topological polar surface area (TPSA) is 72.8 Å². The summed E-state index contributed by atoms with van der Waals surface area (Å²) >= 11 is 0. The van der Waals surface area contributed by atoms with Gasteiger partial charge in [0.25, 0.3) is 0 Å². The highest BCUT2D eigenvalue weighted by Gasteiger charge is 2.31. The molecule has 1 aromatic rings. The number of anilines is 1. The second kappa shape index (κ2) is 5.80. The number of β-amino-alcohol motifs (C(OH)–C–C–N with tert-alkyl or cyclic N) is 1. The minimum Gasteiger partial charge on any atom is -0.465 e. The quantitative estimate of drug-likeness (QED) is 0.783. The number of hydrogen-bond acceptors (Lipinski definition) is 3. The zero-order valence-corrected chi connectivity index (χ0v) is 11.0. The van der Waals surface area contributed by atoms with Crippen LogP contribution in [0.4, 0.5) is 23.7 Å². The summed E-state index contributed by atoms with van der Waals surface area (Å²) in [5.74, 6) is 0. The molecule has 1 amide bonds. The van der Waals surface area contributed by atoms with Crippen LogP contribution in [0, 0.1) is 0 Å². The van der Waals surface area contributed by atoms with Crippen LogP contribution in [-0.2, 0) is 6.18 Å². The Bertz CT molecular complexity index is 504. The molecule has 1 aromatic carbocycles. The van der Waals surface area contributed by atoms with Crippen LogP contribution in [0.25, 0.3) is 0 Å². The van der Waals surface area contributed by atoms with E-state index in [1.165, 1.54) is 12.1 Å². The number of carbonyl (C=O) groups is 1. The lowest BCUT2D eigenvalue weighted by atomic mass is 10.0. The van der Waals surface area contributed by atoms with Crippen molar-refractivity contribution in [3.8, 4) is 0 Å². The molecule has 116 valence electrons. The number of nitrogens with zero attached hydrogens (tertiary/aromatic N) is 1. The van der Waals surface area contributed by atoms with Crippen molar-refractivity contribution in [3.63, 3.8) is 0 Å². The zero-order chi connectivity index (χ0) is 15.6. The van der Waals surface area contributed by atoms with Crippen LogP contribution >= 0.6 is 0 Å². The van der Waals surface area contributed by atoms with E-state index >= 15 is 0 Å². The molecule has 0 unspecified atom stereocenters. The Labute approximate surface area is 119 Å². The summed E-state index contributed by atoms with van der Waals surface area (Å²) in [7, 11) is 0. The van der Waals surface area contributed by atoms with Gasteiger partial charge in [0.15, 0.2) is 0 Å². The first-order valence-electron chi connectivity index (χ1n) is 6.37. The molecule has 0 spiro atoms. The van der Waals surface area contributed by atoms with Crippen molar-refractivity contribution in [2.45, 2.75) is 24.7 Å². The van der Waals surface area contributed by atoms with E-state index in [2.05, 4.69) is 5.32 Å². The van der Waals surface area contributed by atoms with Gasteiger partial charge < -0.3 is 20.4 Å². The van der Waals surface area contributed by atoms with Gasteiger partial charge in [-0.2, -0.15) is 13.2 Å². The minimum atomic E-state index is -4.38. The van der Waals surface area contributed by atoms with Crippen molar-refractivity contribution in [3.05, 3.63) is 29.8 Å². The number of likely N-dealkylation sites (tertiary alicyclic amines) is 1. The number of rotatable bonds is 2. The number of aliphatic hydroxyl groups excluding tert-OH is 1. The molecular weight excluding hydrogens is 289 g/mol. The molecule has 3 N–H and O–H groups in total. The highest BCUT2D eigenvalue weighted by atomic mass is 19.4. The van der Waals surface area contributed by atoms with E-state index < -0.39 is 30.0 Å². The molecule has 0 radical (unpaired) electrons. The van der Waals surface area contributed by atoms with Crippen LogP contribution in [0.5, 0.6) is 0 Å². The maximum absolute atomic E-state index is 12.4. The van der Waals surface area contributed by atoms with E-state index in [1.807, 2.05) is 0 Å². The third kappa shape index (κ3) is 3.78. The molecule has 0 bridgehead atoms. The van der Waals surface area contributed by atoms with Gasteiger partial charge in [-0.1, -0.05) is 0 Å². The molecule has 1 heterocycles. The van der Waals surface area contributed by atoms with Crippen LogP contribution in [0.15, 0.2) is 24.3 Å². The van der Waals surface area contributed by atoms with Crippen LogP contribution in [0.2, 0.25) is 0 Å². The number of carboxylic acid groups (broad SMARTS) is 1. The van der Waals surface area contributed by atoms with Gasteiger partial charge in [-0.05, 0) is 30.7 Å². The highest BCUT2D eigenvalue weighted by Crippen LogP contribution is 2.30. The van der Waals surface area contributed by atoms with Crippen molar-refractivity contribution in [2.24, 2.45) is 0 Å². The zero-order valence-electron chi connectivity index (χ0n) is 11.0. The van der Waals surface area contributed by atoms with Gasteiger partial charge in [-0.3, -0.25) is 0 Å². The fraction of sp³-hybridized carbons (Fsp3) is 0.462. The molecule has 5 nitrogen and oxygen atoms in total. The average molecular weight is 304 g/mol. The fourth-order valence-electron chi connectivity index (χ4n) is 2.24. The van der Waals surface area contributed by atoms with Crippen LogP contribution in [0.1, 0.15) is 12.0 Å². The van der Waals surface area contributed by atoms with Crippen LogP contribution in [0.3, 0.4) is 0 Å². The maximum Gasteiger partial charge on any atom is 0.416 e. The number of hydrogen-bond donors (Lipinski definition) is 3. The minimum absolute atomic E-state index is 0.0202. The normalized spacial score (nSPS) is 23.0. The number of aliphatic hydroxyl groups is 1. The van der Waals surface area contributed by atoms with Gasteiger partial charge in [-0.15, -0.1) is 0 Å². The number of halogens is 3. The smallest absolute Gasteiger partial charge is 0.416 e. The molecule has 0 aromatic heterocycles. The van der Waals surface area contributed by atoms with Crippen LogP contribution in [-0.4, -0.2) is 46.4 Å². The van der Waals surface area contributed by atoms with Crippen molar-refractivity contribution < 1.29 is 28.2 Å². The van der Waals surface area contributed by atoms with Gasteiger partial charge in [0.1, 0.15) is 0 Å². The number of amides is 1. The first-order valence-corrected chi connectivity index (χ1v) is 6.37. The Morgan fingerprint density at radius 3 is 2.38 bits per heavy atom. The molecule has 0 saturated carbocycles. The molecular formula is C13H15F3N2O3. The summed E-state index contributed by atoms with van der Waals surface area (Å²) in [6, 6.07) is 4.11. The lowest BCUT2D eigenvalue weighted by Gasteiger charge is -2.35. The fourth-order valence-corrected chi connectivity index (χ4v) is 2.24. The highest BCUT2D eigenvalue weighted by molar-refractivity contribution is 5.65. The molecule has 2 rings (SSSR count). The number of piperidine rings is 1. The average Bonchev–Trinajstić information content (AvgIpc) is 2.40. The predicted octanol–water partition coefficient (Wildman–Crippen LogP) is 2.23. The SMILES string of the molecule is O=C(O)N1CC[C@@H](Nc2ccc(C(F)(F)F)cc2)[C@@H](O)C1. The lowest BCUT2D eigenvalue weighted by Crippen LogP contribution is -2.51. The summed E-state index contributed by atoms with van der Waals surface area (Å²) < 4.78 is 37.3. The molecule has 21 heavy (non-hydrogen) atoms. The summed E-state index contributed by atoms with van der Waals surface area (Å²) in [4.78, 5) is 11.9. The summed E-state index contributed by atoms with van der Waals surface area (Å²) in [6.07, 6.45) is -6.00. The van der Waals surface area contributed by atoms with Crippen molar-refractivity contribution >= 4 is 11.8 Å². The van der Waals surface area contributed by atoms with E-state index in [4.69, 9.17) is 5.11 Å². The van der Waals surface area contributed by atoms with E-state index in [-0.39, 0.29) is 13.1 Å². The van der Waals surface area contributed by atoms with E-state index in [1.54, 1.807) is 0 Å². The van der Waals surface area contributed by atoms with Gasteiger partial charge in [0.2, 0.25) is 0 Å². The van der Waals surface area contributed by atoms with Crippen molar-refractivity contribution in [1.29, 1.82) is 0 Å². The molecule has 2 atom stereocenters. The Morgan fingerprint density at radius 1 is 1.29 bits per heavy atom. The lowest BCUT2D eigenvalue weighted by molar-refractivity contribution is -0.137. The van der Waals surface area contributed by atoms with Crippen LogP contribution < -0.4 is 5.32 Å². The van der Waals surface area contributed by atoms with Gasteiger partial charge in [0, 0.05) is 12.2 Å². The summed E-state index contributed by atoms with van der Waals surface area (Å²) in [5.41, 5.74) is -0.287. The first kappa shape index (κ1) is 15.4. The second-order valence-electron chi connectivity index (χ2n) is 4.91. The number of benzene rings is 1. The Morgan fingerprint density at radius 2 is 1.90 bits per heavy atom. The largest absolute Gasteiger partial charge is 0.465 e.